The smallest absolute Gasteiger partial charge is 0.352 e. The molecule has 0 unspecified atom stereocenters. The molecule has 9 heteroatoms. The molecule has 0 saturated heterocycles. The summed E-state index contributed by atoms with van der Waals surface area (Å²) in [5, 5.41) is 5.90. The number of hydrogen-bond donors (Lipinski definition) is 1. The molecule has 2 heterocycles. The highest BCUT2D eigenvalue weighted by atomic mass is 19.4. The van der Waals surface area contributed by atoms with E-state index in [0.717, 1.165) is 10.9 Å². The van der Waals surface area contributed by atoms with Crippen LogP contribution in [0, 0.1) is 5.92 Å². The summed E-state index contributed by atoms with van der Waals surface area (Å²) in [6, 6.07) is 1.53. The minimum atomic E-state index is -4.75. The van der Waals surface area contributed by atoms with E-state index >= 15 is 0 Å². The molecule has 0 aliphatic carbocycles. The van der Waals surface area contributed by atoms with Crippen LogP contribution in [-0.4, -0.2) is 32.2 Å². The van der Waals surface area contributed by atoms with Gasteiger partial charge in [0, 0.05) is 25.1 Å². The first-order valence-electron chi connectivity index (χ1n) is 7.01. The highest BCUT2D eigenvalue weighted by Crippen LogP contribution is 2.31. The Morgan fingerprint density at radius 2 is 1.96 bits per heavy atom. The highest BCUT2D eigenvalue weighted by molar-refractivity contribution is 5.95. The van der Waals surface area contributed by atoms with Gasteiger partial charge in [-0.1, -0.05) is 13.8 Å². The van der Waals surface area contributed by atoms with Crippen molar-refractivity contribution in [3.05, 3.63) is 35.9 Å². The molecule has 0 aliphatic heterocycles. The van der Waals surface area contributed by atoms with Crippen molar-refractivity contribution in [3.63, 3.8) is 0 Å². The number of amides is 1. The molecule has 0 aliphatic rings. The molecule has 2 aromatic heterocycles. The molecule has 0 fully saturated rings. The van der Waals surface area contributed by atoms with Crippen molar-refractivity contribution in [2.45, 2.75) is 26.4 Å². The van der Waals surface area contributed by atoms with Crippen LogP contribution in [0.4, 0.5) is 13.2 Å². The van der Waals surface area contributed by atoms with Gasteiger partial charge >= 0.3 is 6.18 Å². The second-order valence-corrected chi connectivity index (χ2v) is 5.32. The SMILES string of the molecule is CC(C)CCNC(=O)c1cn(-c2ncccn2)nc1C(F)(F)F. The molecular formula is C14H16F3N5O. The normalized spacial score (nSPS) is 11.7. The zero-order valence-corrected chi connectivity index (χ0v) is 12.6. The van der Waals surface area contributed by atoms with E-state index in [1.807, 2.05) is 13.8 Å². The van der Waals surface area contributed by atoms with E-state index in [1.165, 1.54) is 18.5 Å². The third-order valence-electron chi connectivity index (χ3n) is 2.99. The van der Waals surface area contributed by atoms with Gasteiger partial charge in [0.2, 0.25) is 5.95 Å². The van der Waals surface area contributed by atoms with Crippen LogP contribution < -0.4 is 5.32 Å². The first-order chi connectivity index (χ1) is 10.8. The van der Waals surface area contributed by atoms with Crippen LogP contribution in [0.2, 0.25) is 0 Å². The molecule has 2 rings (SSSR count). The fraction of sp³-hybridized carbons (Fsp3) is 0.429. The average Bonchev–Trinajstić information content (AvgIpc) is 2.93. The zero-order valence-electron chi connectivity index (χ0n) is 12.6. The molecule has 0 aromatic carbocycles. The van der Waals surface area contributed by atoms with Gasteiger partial charge in [0.1, 0.15) is 0 Å². The number of carbonyl (C=O) groups excluding carboxylic acids is 1. The summed E-state index contributed by atoms with van der Waals surface area (Å²) in [5.74, 6) is -0.530. The maximum absolute atomic E-state index is 13.1. The van der Waals surface area contributed by atoms with E-state index in [2.05, 4.69) is 20.4 Å². The van der Waals surface area contributed by atoms with Gasteiger partial charge in [0.25, 0.3) is 5.91 Å². The van der Waals surface area contributed by atoms with Gasteiger partial charge in [-0.15, -0.1) is 0 Å². The van der Waals surface area contributed by atoms with Crippen molar-refractivity contribution >= 4 is 5.91 Å². The predicted molar refractivity (Wildman–Crippen MR) is 75.9 cm³/mol. The van der Waals surface area contributed by atoms with Gasteiger partial charge in [0.15, 0.2) is 5.69 Å². The number of rotatable bonds is 5. The molecule has 23 heavy (non-hydrogen) atoms. The summed E-state index contributed by atoms with van der Waals surface area (Å²) in [6.07, 6.45) is -0.337. The highest BCUT2D eigenvalue weighted by Gasteiger charge is 2.39. The summed E-state index contributed by atoms with van der Waals surface area (Å²) in [7, 11) is 0. The number of halogens is 3. The molecule has 0 radical (unpaired) electrons. The third-order valence-corrected chi connectivity index (χ3v) is 2.99. The quantitative estimate of drug-likeness (QED) is 0.915. The third kappa shape index (κ3) is 4.27. The number of nitrogens with one attached hydrogen (secondary N) is 1. The second kappa shape index (κ2) is 6.76. The standard InChI is InChI=1S/C14H16F3N5O/c1-9(2)4-7-18-12(23)10-8-22(13-19-5-3-6-20-13)21-11(10)14(15,16)17/h3,5-6,8-9H,4,7H2,1-2H3,(H,18,23). The first-order valence-corrected chi connectivity index (χ1v) is 7.01. The molecule has 0 spiro atoms. The minimum absolute atomic E-state index is 0.0424. The van der Waals surface area contributed by atoms with Crippen LogP contribution in [0.3, 0.4) is 0 Å². The van der Waals surface area contributed by atoms with Crippen molar-refractivity contribution in [3.8, 4) is 5.95 Å². The average molecular weight is 327 g/mol. The van der Waals surface area contributed by atoms with E-state index in [0.29, 0.717) is 18.9 Å². The first kappa shape index (κ1) is 16.9. The Morgan fingerprint density at radius 3 is 2.52 bits per heavy atom. The molecule has 1 amide bonds. The van der Waals surface area contributed by atoms with E-state index in [9.17, 15) is 18.0 Å². The Morgan fingerprint density at radius 1 is 1.30 bits per heavy atom. The number of carbonyl (C=O) groups is 1. The van der Waals surface area contributed by atoms with Crippen LogP contribution in [-0.2, 0) is 6.18 Å². The van der Waals surface area contributed by atoms with Crippen LogP contribution in [0.15, 0.2) is 24.7 Å². The Labute approximate surface area is 130 Å². The number of nitrogens with zero attached hydrogens (tertiary/aromatic N) is 4. The van der Waals surface area contributed by atoms with Gasteiger partial charge in [-0.3, -0.25) is 4.79 Å². The summed E-state index contributed by atoms with van der Waals surface area (Å²) < 4.78 is 40.1. The lowest BCUT2D eigenvalue weighted by atomic mass is 10.1. The van der Waals surface area contributed by atoms with E-state index in [4.69, 9.17) is 0 Å². The van der Waals surface area contributed by atoms with Gasteiger partial charge < -0.3 is 5.32 Å². The number of hydrogen-bond acceptors (Lipinski definition) is 4. The van der Waals surface area contributed by atoms with E-state index in [1.54, 1.807) is 0 Å². The fourth-order valence-corrected chi connectivity index (χ4v) is 1.83. The van der Waals surface area contributed by atoms with Gasteiger partial charge in [-0.05, 0) is 18.4 Å². The number of alkyl halides is 3. The van der Waals surface area contributed by atoms with Crippen molar-refractivity contribution in [1.29, 1.82) is 0 Å². The topological polar surface area (TPSA) is 72.7 Å². The zero-order chi connectivity index (χ0) is 17.0. The Bertz CT molecular complexity index is 667. The van der Waals surface area contributed by atoms with E-state index < -0.39 is 23.3 Å². The Kier molecular flexibility index (Phi) is 4.97. The lowest BCUT2D eigenvalue weighted by molar-refractivity contribution is -0.141. The summed E-state index contributed by atoms with van der Waals surface area (Å²) in [4.78, 5) is 19.7. The van der Waals surface area contributed by atoms with Gasteiger partial charge in [-0.25, -0.2) is 14.6 Å². The fourth-order valence-electron chi connectivity index (χ4n) is 1.83. The van der Waals surface area contributed by atoms with Crippen LogP contribution in [0.25, 0.3) is 5.95 Å². The van der Waals surface area contributed by atoms with Crippen LogP contribution in [0.5, 0.6) is 0 Å². The van der Waals surface area contributed by atoms with Crippen molar-refractivity contribution in [2.75, 3.05) is 6.54 Å². The van der Waals surface area contributed by atoms with Gasteiger partial charge in [0.05, 0.1) is 5.56 Å². The molecule has 1 N–H and O–H groups in total. The van der Waals surface area contributed by atoms with Crippen molar-refractivity contribution < 1.29 is 18.0 Å². The monoisotopic (exact) mass is 327 g/mol. The lowest BCUT2D eigenvalue weighted by Gasteiger charge is -2.08. The summed E-state index contributed by atoms with van der Waals surface area (Å²) in [5.41, 5.74) is -1.80. The largest absolute Gasteiger partial charge is 0.435 e. The van der Waals surface area contributed by atoms with Crippen LogP contribution >= 0.6 is 0 Å². The molecular weight excluding hydrogens is 311 g/mol. The maximum atomic E-state index is 13.1. The molecule has 2 aromatic rings. The maximum Gasteiger partial charge on any atom is 0.435 e. The minimum Gasteiger partial charge on any atom is -0.352 e. The molecule has 124 valence electrons. The van der Waals surface area contributed by atoms with E-state index in [-0.39, 0.29) is 5.95 Å². The van der Waals surface area contributed by atoms with Crippen LogP contribution in [0.1, 0.15) is 36.3 Å². The van der Waals surface area contributed by atoms with Crippen molar-refractivity contribution in [1.82, 2.24) is 25.1 Å². The number of aromatic nitrogens is 4. The summed E-state index contributed by atoms with van der Waals surface area (Å²) >= 11 is 0. The lowest BCUT2D eigenvalue weighted by Crippen LogP contribution is -2.27. The molecule has 0 atom stereocenters. The van der Waals surface area contributed by atoms with Gasteiger partial charge in [-0.2, -0.15) is 18.3 Å². The summed E-state index contributed by atoms with van der Waals surface area (Å²) in [6.45, 7) is 4.21. The molecule has 6 nitrogen and oxygen atoms in total. The Balaban J connectivity index is 2.30. The second-order valence-electron chi connectivity index (χ2n) is 5.32. The molecule has 0 saturated carbocycles. The Hall–Kier alpha value is -2.45. The van der Waals surface area contributed by atoms with Crippen molar-refractivity contribution in [2.24, 2.45) is 5.92 Å². The molecule has 0 bridgehead atoms. The predicted octanol–water partition coefficient (Wildman–Crippen LogP) is 2.46.